The zero-order valence-electron chi connectivity index (χ0n) is 11.1. The fourth-order valence-electron chi connectivity index (χ4n) is 1.71. The second-order valence-corrected chi connectivity index (χ2v) is 4.52. The van der Waals surface area contributed by atoms with E-state index in [2.05, 4.69) is 6.92 Å². The molecule has 0 fully saturated rings. The minimum Gasteiger partial charge on any atom is -0.550 e. The van der Waals surface area contributed by atoms with Gasteiger partial charge < -0.3 is 14.6 Å². The Kier molecular flexibility index (Phi) is 6.26. The van der Waals surface area contributed by atoms with Gasteiger partial charge in [-0.05, 0) is 24.1 Å². The summed E-state index contributed by atoms with van der Waals surface area (Å²) in [7, 11) is 0. The van der Waals surface area contributed by atoms with Gasteiger partial charge >= 0.3 is 0 Å². The Morgan fingerprint density at radius 3 is 2.44 bits per heavy atom. The Bertz CT molecular complexity index is 357. The van der Waals surface area contributed by atoms with E-state index in [-0.39, 0.29) is 0 Å². The second-order valence-electron chi connectivity index (χ2n) is 4.52. The summed E-state index contributed by atoms with van der Waals surface area (Å²) >= 11 is 0. The van der Waals surface area contributed by atoms with E-state index in [0.717, 1.165) is 24.3 Å². The van der Waals surface area contributed by atoms with Crippen molar-refractivity contribution >= 4 is 5.97 Å². The molecule has 0 saturated carbocycles. The quantitative estimate of drug-likeness (QED) is 0.665. The number of hydrogen-bond donors (Lipinski definition) is 0. The third kappa shape index (κ3) is 4.78. The van der Waals surface area contributed by atoms with E-state index in [0.29, 0.717) is 0 Å². The standard InChI is InChI=1S/C15H22O3/c1-3-4-5-6-11-18-14-9-7-13(8-10-14)12(2)15(16)17/h7-10,12H,3-6,11H2,1-2H3,(H,16,17)/p-1. The Labute approximate surface area is 109 Å². The molecule has 100 valence electrons. The zero-order chi connectivity index (χ0) is 13.4. The molecule has 0 aliphatic heterocycles. The highest BCUT2D eigenvalue weighted by Crippen LogP contribution is 2.19. The largest absolute Gasteiger partial charge is 0.550 e. The molecule has 0 heterocycles. The zero-order valence-corrected chi connectivity index (χ0v) is 11.1. The van der Waals surface area contributed by atoms with E-state index >= 15 is 0 Å². The first kappa shape index (κ1) is 14.6. The molecule has 0 radical (unpaired) electrons. The van der Waals surface area contributed by atoms with Gasteiger partial charge in [0.1, 0.15) is 5.75 Å². The molecule has 1 aromatic rings. The average molecular weight is 249 g/mol. The van der Waals surface area contributed by atoms with Crippen molar-refractivity contribution in [1.82, 2.24) is 0 Å². The summed E-state index contributed by atoms with van der Waals surface area (Å²) in [5.41, 5.74) is 0.744. The SMILES string of the molecule is CCCCCCOc1ccc(C(C)C(=O)[O-])cc1. The van der Waals surface area contributed by atoms with Crippen LogP contribution in [0.1, 0.15) is 51.0 Å². The monoisotopic (exact) mass is 249 g/mol. The van der Waals surface area contributed by atoms with Gasteiger partial charge in [-0.1, -0.05) is 45.2 Å². The fraction of sp³-hybridized carbons (Fsp3) is 0.533. The number of carboxylic acid groups (broad SMARTS) is 1. The molecule has 0 aromatic heterocycles. The van der Waals surface area contributed by atoms with Crippen molar-refractivity contribution in [1.29, 1.82) is 0 Å². The van der Waals surface area contributed by atoms with Crippen LogP contribution in [0.15, 0.2) is 24.3 Å². The lowest BCUT2D eigenvalue weighted by Gasteiger charge is -2.13. The smallest absolute Gasteiger partial charge is 0.119 e. The van der Waals surface area contributed by atoms with Gasteiger partial charge in [-0.2, -0.15) is 0 Å². The highest BCUT2D eigenvalue weighted by molar-refractivity contribution is 5.73. The third-order valence-corrected chi connectivity index (χ3v) is 3.00. The van der Waals surface area contributed by atoms with E-state index in [4.69, 9.17) is 4.74 Å². The maximum absolute atomic E-state index is 10.7. The average Bonchev–Trinajstić information content (AvgIpc) is 2.38. The molecule has 3 heteroatoms. The minimum absolute atomic E-state index is 0.580. The number of carboxylic acids is 1. The molecule has 0 amide bonds. The van der Waals surface area contributed by atoms with Crippen molar-refractivity contribution in [2.75, 3.05) is 6.61 Å². The van der Waals surface area contributed by atoms with Gasteiger partial charge in [-0.15, -0.1) is 0 Å². The summed E-state index contributed by atoms with van der Waals surface area (Å²) < 4.78 is 5.58. The molecule has 0 spiro atoms. The number of benzene rings is 1. The Morgan fingerprint density at radius 2 is 1.89 bits per heavy atom. The Morgan fingerprint density at radius 1 is 1.22 bits per heavy atom. The first-order valence-corrected chi connectivity index (χ1v) is 6.58. The summed E-state index contributed by atoms with van der Waals surface area (Å²) in [6.07, 6.45) is 4.71. The van der Waals surface area contributed by atoms with E-state index in [1.165, 1.54) is 19.3 Å². The number of hydrogen-bond acceptors (Lipinski definition) is 3. The van der Waals surface area contributed by atoms with Crippen LogP contribution in [0.5, 0.6) is 5.75 Å². The molecular formula is C15H21O3-. The molecule has 0 N–H and O–H groups in total. The van der Waals surface area contributed by atoms with E-state index in [9.17, 15) is 9.90 Å². The van der Waals surface area contributed by atoms with Crippen molar-refractivity contribution in [2.24, 2.45) is 0 Å². The first-order valence-electron chi connectivity index (χ1n) is 6.58. The molecule has 0 aliphatic rings. The molecular weight excluding hydrogens is 228 g/mol. The van der Waals surface area contributed by atoms with Crippen molar-refractivity contribution in [3.63, 3.8) is 0 Å². The lowest BCUT2D eigenvalue weighted by Crippen LogP contribution is -2.27. The van der Waals surface area contributed by atoms with Crippen molar-refractivity contribution in [3.05, 3.63) is 29.8 Å². The van der Waals surface area contributed by atoms with Gasteiger partial charge in [0, 0.05) is 11.9 Å². The highest BCUT2D eigenvalue weighted by Gasteiger charge is 2.05. The van der Waals surface area contributed by atoms with Crippen LogP contribution in [0, 0.1) is 0 Å². The third-order valence-electron chi connectivity index (χ3n) is 3.00. The number of carbonyl (C=O) groups is 1. The molecule has 3 nitrogen and oxygen atoms in total. The maximum Gasteiger partial charge on any atom is 0.119 e. The summed E-state index contributed by atoms with van der Waals surface area (Å²) in [6, 6.07) is 7.19. The normalized spacial score (nSPS) is 12.1. The van der Waals surface area contributed by atoms with Crippen LogP contribution < -0.4 is 9.84 Å². The van der Waals surface area contributed by atoms with E-state index in [1.54, 1.807) is 19.1 Å². The van der Waals surface area contributed by atoms with Crippen LogP contribution in [0.3, 0.4) is 0 Å². The van der Waals surface area contributed by atoms with Gasteiger partial charge in [0.05, 0.1) is 6.61 Å². The van der Waals surface area contributed by atoms with Crippen molar-refractivity contribution in [2.45, 2.75) is 45.4 Å². The summed E-state index contributed by atoms with van der Waals surface area (Å²) in [4.78, 5) is 10.7. The fourth-order valence-corrected chi connectivity index (χ4v) is 1.71. The summed E-state index contributed by atoms with van der Waals surface area (Å²) in [5.74, 6) is -0.840. The van der Waals surface area contributed by atoms with Gasteiger partial charge in [0.15, 0.2) is 0 Å². The van der Waals surface area contributed by atoms with Crippen molar-refractivity contribution < 1.29 is 14.6 Å². The molecule has 1 unspecified atom stereocenters. The van der Waals surface area contributed by atoms with Gasteiger partial charge in [-0.25, -0.2) is 0 Å². The number of ether oxygens (including phenoxy) is 1. The summed E-state index contributed by atoms with van der Waals surface area (Å²) in [6.45, 7) is 4.52. The second kappa shape index (κ2) is 7.75. The first-order chi connectivity index (χ1) is 8.65. The molecule has 0 saturated heterocycles. The maximum atomic E-state index is 10.7. The Hall–Kier alpha value is -1.51. The van der Waals surface area contributed by atoms with Gasteiger partial charge in [0.2, 0.25) is 0 Å². The predicted octanol–water partition coefficient (Wildman–Crippen LogP) is 2.50. The van der Waals surface area contributed by atoms with Crippen molar-refractivity contribution in [3.8, 4) is 5.75 Å². The molecule has 1 rings (SSSR count). The molecule has 1 atom stereocenters. The van der Waals surface area contributed by atoms with E-state index in [1.807, 2.05) is 12.1 Å². The highest BCUT2D eigenvalue weighted by atomic mass is 16.5. The molecule has 0 aliphatic carbocycles. The van der Waals surface area contributed by atoms with E-state index < -0.39 is 11.9 Å². The number of carbonyl (C=O) groups excluding carboxylic acids is 1. The van der Waals surface area contributed by atoms with Crippen LogP contribution in [0.25, 0.3) is 0 Å². The van der Waals surface area contributed by atoms with Gasteiger partial charge in [0.25, 0.3) is 0 Å². The number of unbranched alkanes of at least 4 members (excludes halogenated alkanes) is 3. The lowest BCUT2D eigenvalue weighted by molar-refractivity contribution is -0.307. The van der Waals surface area contributed by atoms with Crippen LogP contribution in [-0.2, 0) is 4.79 Å². The van der Waals surface area contributed by atoms with Gasteiger partial charge in [-0.3, -0.25) is 0 Å². The molecule has 1 aromatic carbocycles. The van der Waals surface area contributed by atoms with Crippen LogP contribution >= 0.6 is 0 Å². The topological polar surface area (TPSA) is 49.4 Å². The Balaban J connectivity index is 2.38. The lowest BCUT2D eigenvalue weighted by atomic mass is 10.0. The number of aliphatic carboxylic acids is 1. The number of rotatable bonds is 8. The summed E-state index contributed by atoms with van der Waals surface area (Å²) in [5, 5.41) is 10.7. The predicted molar refractivity (Wildman–Crippen MR) is 69.5 cm³/mol. The molecule has 18 heavy (non-hydrogen) atoms. The van der Waals surface area contributed by atoms with Crippen LogP contribution in [0.2, 0.25) is 0 Å². The van der Waals surface area contributed by atoms with Crippen LogP contribution in [0.4, 0.5) is 0 Å². The van der Waals surface area contributed by atoms with Crippen LogP contribution in [-0.4, -0.2) is 12.6 Å². The molecule has 0 bridgehead atoms. The minimum atomic E-state index is -1.05.